The van der Waals surface area contributed by atoms with Gasteiger partial charge in [0.25, 0.3) is 0 Å². The smallest absolute Gasteiger partial charge is 0.0430 e. The molecule has 0 aliphatic rings. The van der Waals surface area contributed by atoms with Crippen LogP contribution in [0.4, 0.5) is 0 Å². The number of hydrogen-bond donors (Lipinski definition) is 2. The predicted octanol–water partition coefficient (Wildman–Crippen LogP) is 0.775. The molecule has 2 nitrogen and oxygen atoms in total. The van der Waals surface area contributed by atoms with E-state index in [2.05, 4.69) is 6.92 Å². The van der Waals surface area contributed by atoms with Crippen LogP contribution in [0.3, 0.4) is 0 Å². The molecule has 2 N–H and O–H groups in total. The predicted molar refractivity (Wildman–Crippen MR) is 34.8 cm³/mol. The van der Waals surface area contributed by atoms with Crippen molar-refractivity contribution in [2.75, 3.05) is 13.2 Å². The minimum Gasteiger partial charge on any atom is -0.397 e. The molecule has 9 heavy (non-hydrogen) atoms. The van der Waals surface area contributed by atoms with Crippen molar-refractivity contribution >= 4 is 0 Å². The van der Waals surface area contributed by atoms with E-state index >= 15 is 0 Å². The van der Waals surface area contributed by atoms with Crippen LogP contribution in [0, 0.1) is 0 Å². The topological polar surface area (TPSA) is 40.5 Å². The first-order chi connectivity index (χ1) is 3.83. The number of rotatable bonds is 2. The third kappa shape index (κ3) is 54.8. The van der Waals surface area contributed by atoms with Gasteiger partial charge in [-0.1, -0.05) is 13.3 Å². The molecule has 0 aliphatic heterocycles. The molecule has 0 unspecified atom stereocenters. The average molecular weight is 168 g/mol. The molecule has 3 heteroatoms. The van der Waals surface area contributed by atoms with Crippen molar-refractivity contribution in [2.24, 2.45) is 0 Å². The second kappa shape index (κ2) is 23.4. The van der Waals surface area contributed by atoms with Crippen molar-refractivity contribution in [3.05, 3.63) is 0 Å². The summed E-state index contributed by atoms with van der Waals surface area (Å²) in [6.45, 7) is 4.33. The zero-order chi connectivity index (χ0) is 6.83. The zero-order valence-electron chi connectivity index (χ0n) is 6.22. The average Bonchev–Trinajstić information content (AvgIpc) is 1.71. The fourth-order valence-corrected chi connectivity index (χ4v) is 0.158. The summed E-state index contributed by atoms with van der Waals surface area (Å²) < 4.78 is 0. The molecule has 0 aromatic carbocycles. The normalized spacial score (nSPS) is 6.67. The third-order valence-corrected chi connectivity index (χ3v) is 0.512. The minimum atomic E-state index is 0. The SMILES string of the molecule is CCCCO.CCO.[Ti]. The summed E-state index contributed by atoms with van der Waals surface area (Å²) in [5.41, 5.74) is 0. The third-order valence-electron chi connectivity index (χ3n) is 0.512. The number of aliphatic hydroxyl groups excluding tert-OH is 2. The van der Waals surface area contributed by atoms with E-state index in [0.29, 0.717) is 6.61 Å². The number of aliphatic hydroxyl groups is 2. The first kappa shape index (κ1) is 16.3. The minimum absolute atomic E-state index is 0. The summed E-state index contributed by atoms with van der Waals surface area (Å²) in [6, 6.07) is 0. The fraction of sp³-hybridized carbons (Fsp3) is 1.00. The molecule has 0 aromatic heterocycles. The Morgan fingerprint density at radius 1 is 1.11 bits per heavy atom. The van der Waals surface area contributed by atoms with Crippen molar-refractivity contribution in [2.45, 2.75) is 26.7 Å². The molecule has 0 aromatic rings. The van der Waals surface area contributed by atoms with Gasteiger partial charge >= 0.3 is 0 Å². The summed E-state index contributed by atoms with van der Waals surface area (Å²) in [6.07, 6.45) is 2.04. The molecule has 0 atom stereocenters. The molecular formula is C6H16O2Ti. The summed E-state index contributed by atoms with van der Waals surface area (Å²) in [7, 11) is 0. The Hall–Kier alpha value is 0.634. The van der Waals surface area contributed by atoms with Crippen LogP contribution in [-0.4, -0.2) is 23.4 Å². The molecule has 0 saturated carbocycles. The van der Waals surface area contributed by atoms with Gasteiger partial charge in [-0.2, -0.15) is 0 Å². The van der Waals surface area contributed by atoms with E-state index in [-0.39, 0.29) is 28.3 Å². The molecule has 0 bridgehead atoms. The molecular weight excluding hydrogens is 152 g/mol. The molecule has 0 aliphatic carbocycles. The standard InChI is InChI=1S/C4H10O.C2H6O.Ti/c1-2-3-4-5;1-2-3;/h5H,2-4H2,1H3;3H,2H2,1H3;. The van der Waals surface area contributed by atoms with E-state index in [1.807, 2.05) is 0 Å². The quantitative estimate of drug-likeness (QED) is 0.598. The van der Waals surface area contributed by atoms with E-state index in [0.717, 1.165) is 12.8 Å². The molecule has 56 valence electrons. The summed E-state index contributed by atoms with van der Waals surface area (Å²) in [5, 5.41) is 15.6. The van der Waals surface area contributed by atoms with Crippen LogP contribution >= 0.6 is 0 Å². The summed E-state index contributed by atoms with van der Waals surface area (Å²) in [4.78, 5) is 0. The van der Waals surface area contributed by atoms with Gasteiger partial charge < -0.3 is 10.2 Å². The molecule has 0 amide bonds. The number of unbranched alkanes of at least 4 members (excludes halogenated alkanes) is 1. The Morgan fingerprint density at radius 2 is 1.44 bits per heavy atom. The maximum Gasteiger partial charge on any atom is 0.0430 e. The number of hydrogen-bond acceptors (Lipinski definition) is 2. The van der Waals surface area contributed by atoms with Crippen LogP contribution in [0.5, 0.6) is 0 Å². The molecule has 0 radical (unpaired) electrons. The summed E-state index contributed by atoms with van der Waals surface area (Å²) >= 11 is 0. The van der Waals surface area contributed by atoms with Crippen LogP contribution < -0.4 is 0 Å². The Bertz CT molecular complexity index is 25.0. The molecule has 0 saturated heterocycles. The van der Waals surface area contributed by atoms with Crippen LogP contribution in [-0.2, 0) is 21.7 Å². The van der Waals surface area contributed by atoms with Crippen molar-refractivity contribution in [1.82, 2.24) is 0 Å². The van der Waals surface area contributed by atoms with Gasteiger partial charge in [-0.3, -0.25) is 0 Å². The Morgan fingerprint density at radius 3 is 1.44 bits per heavy atom. The van der Waals surface area contributed by atoms with E-state index in [9.17, 15) is 0 Å². The van der Waals surface area contributed by atoms with E-state index in [4.69, 9.17) is 10.2 Å². The van der Waals surface area contributed by atoms with Crippen LogP contribution in [0.25, 0.3) is 0 Å². The van der Waals surface area contributed by atoms with E-state index in [1.54, 1.807) is 6.92 Å². The largest absolute Gasteiger partial charge is 0.397 e. The van der Waals surface area contributed by atoms with Crippen LogP contribution in [0.15, 0.2) is 0 Å². The maximum atomic E-state index is 8.07. The van der Waals surface area contributed by atoms with E-state index in [1.165, 1.54) is 0 Å². The van der Waals surface area contributed by atoms with Gasteiger partial charge in [-0.25, -0.2) is 0 Å². The first-order valence-corrected chi connectivity index (χ1v) is 3.05. The van der Waals surface area contributed by atoms with Crippen molar-refractivity contribution < 1.29 is 31.9 Å². The monoisotopic (exact) mass is 168 g/mol. The summed E-state index contributed by atoms with van der Waals surface area (Å²) in [5.74, 6) is 0. The maximum absolute atomic E-state index is 8.07. The van der Waals surface area contributed by atoms with E-state index < -0.39 is 0 Å². The van der Waals surface area contributed by atoms with Gasteiger partial charge in [0, 0.05) is 34.9 Å². The van der Waals surface area contributed by atoms with Crippen LogP contribution in [0.1, 0.15) is 26.7 Å². The van der Waals surface area contributed by atoms with Gasteiger partial charge in [0.2, 0.25) is 0 Å². The molecule has 0 rings (SSSR count). The molecule has 0 spiro atoms. The zero-order valence-corrected chi connectivity index (χ0v) is 7.78. The van der Waals surface area contributed by atoms with Crippen LogP contribution in [0.2, 0.25) is 0 Å². The first-order valence-electron chi connectivity index (χ1n) is 3.05. The Balaban J connectivity index is -0.0000000800. The second-order valence-electron chi connectivity index (χ2n) is 1.39. The second-order valence-corrected chi connectivity index (χ2v) is 1.39. The van der Waals surface area contributed by atoms with Gasteiger partial charge in [0.05, 0.1) is 0 Å². The van der Waals surface area contributed by atoms with Gasteiger partial charge in [-0.15, -0.1) is 0 Å². The molecule has 0 fully saturated rings. The Labute approximate surface area is 72.2 Å². The van der Waals surface area contributed by atoms with Crippen molar-refractivity contribution in [1.29, 1.82) is 0 Å². The molecule has 0 heterocycles. The van der Waals surface area contributed by atoms with Gasteiger partial charge in [0.15, 0.2) is 0 Å². The van der Waals surface area contributed by atoms with Gasteiger partial charge in [0.1, 0.15) is 0 Å². The fourth-order valence-electron chi connectivity index (χ4n) is 0.158. The van der Waals surface area contributed by atoms with Gasteiger partial charge in [-0.05, 0) is 13.3 Å². The van der Waals surface area contributed by atoms with Crippen molar-refractivity contribution in [3.63, 3.8) is 0 Å². The Kier molecular flexibility index (Phi) is 42.5. The van der Waals surface area contributed by atoms with Crippen molar-refractivity contribution in [3.8, 4) is 0 Å².